The fraction of sp³-hybridized carbons (Fsp3) is 0.667. The molecule has 0 aromatic rings. The Kier molecular flexibility index (Phi) is 9.69. The van der Waals surface area contributed by atoms with Crippen molar-refractivity contribution in [1.82, 2.24) is 0 Å². The molecule has 0 aliphatic carbocycles. The number of rotatable bonds is 10. The van der Waals surface area contributed by atoms with Crippen LogP contribution in [0, 0.1) is 0 Å². The van der Waals surface area contributed by atoms with Crippen molar-refractivity contribution in [3.8, 4) is 0 Å². The maximum Gasteiger partial charge on any atom is 0.187 e. The van der Waals surface area contributed by atoms with Gasteiger partial charge in [0.2, 0.25) is 0 Å². The lowest BCUT2D eigenvalue weighted by Gasteiger charge is -2.42. The first kappa shape index (κ1) is 24.7. The van der Waals surface area contributed by atoms with Crippen LogP contribution in [0.15, 0.2) is 36.0 Å². The van der Waals surface area contributed by atoms with Crippen LogP contribution in [0.5, 0.6) is 0 Å². The summed E-state index contributed by atoms with van der Waals surface area (Å²) >= 11 is 0. The number of hydrogen-bond acceptors (Lipinski definition) is 7. The van der Waals surface area contributed by atoms with Gasteiger partial charge < -0.3 is 29.9 Å². The maximum atomic E-state index is 11.8. The van der Waals surface area contributed by atoms with E-state index in [4.69, 9.17) is 9.47 Å². The molecule has 0 amide bonds. The van der Waals surface area contributed by atoms with Crippen LogP contribution in [0.3, 0.4) is 0 Å². The fourth-order valence-corrected chi connectivity index (χ4v) is 3.00. The molecule has 7 heteroatoms. The van der Waals surface area contributed by atoms with E-state index in [1.54, 1.807) is 25.2 Å². The van der Waals surface area contributed by atoms with E-state index in [2.05, 4.69) is 6.58 Å². The molecule has 1 heterocycles. The van der Waals surface area contributed by atoms with Gasteiger partial charge in [0.05, 0.1) is 12.2 Å². The molecule has 0 aromatic carbocycles. The third-order valence-electron chi connectivity index (χ3n) is 4.73. The normalized spacial score (nSPS) is 30.4. The number of ether oxygens (including phenoxy) is 2. The molecule has 4 N–H and O–H groups in total. The fourth-order valence-electron chi connectivity index (χ4n) is 3.00. The maximum absolute atomic E-state index is 11.8. The number of aliphatic hydroxyl groups excluding tert-OH is 4. The van der Waals surface area contributed by atoms with E-state index in [-0.39, 0.29) is 5.78 Å². The van der Waals surface area contributed by atoms with Gasteiger partial charge in [-0.1, -0.05) is 17.2 Å². The second-order valence-corrected chi connectivity index (χ2v) is 7.80. The van der Waals surface area contributed by atoms with Crippen molar-refractivity contribution < 1.29 is 34.7 Å². The minimum Gasteiger partial charge on any atom is -0.394 e. The van der Waals surface area contributed by atoms with Gasteiger partial charge in [-0.15, -0.1) is 6.58 Å². The Balaban J connectivity index is 2.67. The lowest BCUT2D eigenvalue weighted by Crippen LogP contribution is -2.60. The van der Waals surface area contributed by atoms with Crippen molar-refractivity contribution in [2.24, 2.45) is 0 Å². The average Bonchev–Trinajstić information content (AvgIpc) is 2.61. The van der Waals surface area contributed by atoms with Crippen molar-refractivity contribution in [3.05, 3.63) is 36.0 Å². The summed E-state index contributed by atoms with van der Waals surface area (Å²) in [6, 6.07) is 0. The molecule has 0 aromatic heterocycles. The van der Waals surface area contributed by atoms with Crippen molar-refractivity contribution >= 4 is 5.78 Å². The van der Waals surface area contributed by atoms with Gasteiger partial charge >= 0.3 is 0 Å². The molecule has 1 aliphatic rings. The molecule has 6 atom stereocenters. The number of carbonyl (C=O) groups excluding carboxylic acids is 1. The van der Waals surface area contributed by atoms with Crippen LogP contribution in [0.1, 0.15) is 47.0 Å². The minimum absolute atomic E-state index is 0.0402. The van der Waals surface area contributed by atoms with Crippen LogP contribution >= 0.6 is 0 Å². The molecule has 0 spiro atoms. The Morgan fingerprint density at radius 3 is 2.32 bits per heavy atom. The molecule has 1 saturated heterocycles. The van der Waals surface area contributed by atoms with Gasteiger partial charge in [0, 0.05) is 0 Å². The van der Waals surface area contributed by atoms with Gasteiger partial charge in [-0.3, -0.25) is 4.79 Å². The first-order chi connectivity index (χ1) is 13.0. The third-order valence-corrected chi connectivity index (χ3v) is 4.73. The zero-order chi connectivity index (χ0) is 21.5. The number of ketones is 1. The topological polar surface area (TPSA) is 116 Å². The summed E-state index contributed by atoms with van der Waals surface area (Å²) in [6.07, 6.45) is 0.0792. The predicted molar refractivity (Wildman–Crippen MR) is 106 cm³/mol. The molecule has 160 valence electrons. The number of hydrogen-bond donors (Lipinski definition) is 4. The van der Waals surface area contributed by atoms with Crippen LogP contribution in [0.25, 0.3) is 0 Å². The first-order valence-corrected chi connectivity index (χ1v) is 9.51. The molecule has 7 nitrogen and oxygen atoms in total. The summed E-state index contributed by atoms with van der Waals surface area (Å²) in [5.41, 5.74) is 1.03. The van der Waals surface area contributed by atoms with E-state index in [0.717, 1.165) is 11.1 Å². The van der Waals surface area contributed by atoms with E-state index in [9.17, 15) is 25.2 Å². The Morgan fingerprint density at radius 1 is 1.14 bits per heavy atom. The van der Waals surface area contributed by atoms with E-state index in [1.165, 1.54) is 0 Å². The number of carbonyl (C=O) groups is 1. The highest BCUT2D eigenvalue weighted by atomic mass is 16.7. The predicted octanol–water partition coefficient (Wildman–Crippen LogP) is 1.40. The van der Waals surface area contributed by atoms with Gasteiger partial charge in [0.15, 0.2) is 12.1 Å². The van der Waals surface area contributed by atoms with E-state index >= 15 is 0 Å². The molecule has 0 radical (unpaired) electrons. The van der Waals surface area contributed by atoms with Crippen molar-refractivity contribution in [3.63, 3.8) is 0 Å². The average molecular weight is 398 g/mol. The van der Waals surface area contributed by atoms with Crippen LogP contribution in [0.2, 0.25) is 0 Å². The summed E-state index contributed by atoms with van der Waals surface area (Å²) in [5, 5.41) is 39.2. The summed E-state index contributed by atoms with van der Waals surface area (Å²) in [7, 11) is 0. The van der Waals surface area contributed by atoms with Gasteiger partial charge in [0.25, 0.3) is 0 Å². The van der Waals surface area contributed by atoms with Crippen LogP contribution < -0.4 is 0 Å². The molecule has 28 heavy (non-hydrogen) atoms. The van der Waals surface area contributed by atoms with E-state index in [1.807, 2.05) is 20.8 Å². The zero-order valence-electron chi connectivity index (χ0n) is 17.2. The van der Waals surface area contributed by atoms with E-state index in [0.29, 0.717) is 19.3 Å². The SMILES string of the molecule is C=C[C@](C)(CCC/C(C)=C/C(=O)C=C(C)C)O[C@@H]1O[C@H](CO)[C@@H](O)[C@H](O)[C@H]1O. The van der Waals surface area contributed by atoms with Crippen LogP contribution in [-0.4, -0.2) is 69.1 Å². The monoisotopic (exact) mass is 398 g/mol. The largest absolute Gasteiger partial charge is 0.394 e. The Morgan fingerprint density at radius 2 is 1.79 bits per heavy atom. The van der Waals surface area contributed by atoms with Gasteiger partial charge in [-0.05, 0) is 59.1 Å². The highest BCUT2D eigenvalue weighted by Crippen LogP contribution is 2.29. The Bertz CT molecular complexity index is 592. The first-order valence-electron chi connectivity index (χ1n) is 9.51. The van der Waals surface area contributed by atoms with Crippen molar-refractivity contribution in [2.75, 3.05) is 6.61 Å². The quantitative estimate of drug-likeness (QED) is 0.325. The lowest BCUT2D eigenvalue weighted by molar-refractivity contribution is -0.319. The van der Waals surface area contributed by atoms with Gasteiger partial charge in [-0.25, -0.2) is 0 Å². The smallest absolute Gasteiger partial charge is 0.187 e. The third kappa shape index (κ3) is 7.24. The Labute approximate surface area is 167 Å². The highest BCUT2D eigenvalue weighted by molar-refractivity contribution is 5.99. The summed E-state index contributed by atoms with van der Waals surface area (Å²) in [5.74, 6) is -0.0402. The highest BCUT2D eigenvalue weighted by Gasteiger charge is 2.45. The van der Waals surface area contributed by atoms with Crippen molar-refractivity contribution in [1.29, 1.82) is 0 Å². The van der Waals surface area contributed by atoms with E-state index < -0.39 is 42.9 Å². The second-order valence-electron chi connectivity index (χ2n) is 7.80. The molecule has 0 unspecified atom stereocenters. The van der Waals surface area contributed by atoms with Crippen molar-refractivity contribution in [2.45, 2.75) is 83.3 Å². The summed E-state index contributed by atoms with van der Waals surface area (Å²) in [4.78, 5) is 11.8. The van der Waals surface area contributed by atoms with Crippen LogP contribution in [-0.2, 0) is 14.3 Å². The standard InChI is InChI=1S/C21H34O7/c1-6-21(5,9-7-8-14(4)11-15(23)10-13(2)3)28-20-19(26)18(25)17(24)16(12-22)27-20/h6,10-11,16-20,22,24-26H,1,7-9,12H2,2-5H3/b14-11+/t16-,17-,18+,19-,20+,21-/m1/s1. The molecule has 1 fully saturated rings. The summed E-state index contributed by atoms with van der Waals surface area (Å²) in [6.45, 7) is 10.7. The lowest BCUT2D eigenvalue weighted by atomic mass is 9.95. The molecule has 1 aliphatic heterocycles. The zero-order valence-corrected chi connectivity index (χ0v) is 17.2. The number of aliphatic hydroxyl groups is 4. The van der Waals surface area contributed by atoms with Crippen LogP contribution in [0.4, 0.5) is 0 Å². The Hall–Kier alpha value is -1.35. The molecule has 0 bridgehead atoms. The molecular weight excluding hydrogens is 364 g/mol. The van der Waals surface area contributed by atoms with Gasteiger partial charge in [-0.2, -0.15) is 0 Å². The molecule has 0 saturated carbocycles. The second kappa shape index (κ2) is 11.0. The number of allylic oxidation sites excluding steroid dienone is 4. The summed E-state index contributed by atoms with van der Waals surface area (Å²) < 4.78 is 11.2. The van der Waals surface area contributed by atoms with Gasteiger partial charge in [0.1, 0.15) is 24.4 Å². The minimum atomic E-state index is -1.49. The molecular formula is C21H34O7. The molecule has 1 rings (SSSR count).